The van der Waals surface area contributed by atoms with E-state index in [0.29, 0.717) is 6.54 Å². The molecule has 0 aromatic rings. The first kappa shape index (κ1) is 15.9. The van der Waals surface area contributed by atoms with Gasteiger partial charge in [0.25, 0.3) is 0 Å². The minimum absolute atomic E-state index is 0.108. The second-order valence-corrected chi connectivity index (χ2v) is 5.38. The molecular weight excluding hydrogens is 234 g/mol. The highest BCUT2D eigenvalue weighted by atomic mass is 16.7. The highest BCUT2D eigenvalue weighted by Crippen LogP contribution is 2.43. The molecule has 0 bridgehead atoms. The number of hydrogen-bond acceptors (Lipinski definition) is 5. The minimum Gasteiger partial charge on any atom is -0.390 e. The molecule has 3 unspecified atom stereocenters. The van der Waals surface area contributed by atoms with Crippen LogP contribution in [0.25, 0.3) is 0 Å². The van der Waals surface area contributed by atoms with E-state index in [4.69, 9.17) is 15.2 Å². The van der Waals surface area contributed by atoms with E-state index in [1.165, 1.54) is 7.11 Å². The molecule has 1 fully saturated rings. The summed E-state index contributed by atoms with van der Waals surface area (Å²) in [5, 5.41) is 20.4. The van der Waals surface area contributed by atoms with Crippen LogP contribution in [0.1, 0.15) is 33.6 Å². The molecule has 4 N–H and O–H groups in total. The fraction of sp³-hybridized carbons (Fsp3) is 1.00. The standard InChI is InChI=1S/C13H27NO4/c1-5-13(3,6-2)9-8(7-14)18-12(17-4)11(16)10(9)15/h8-12,15-16H,5-7,14H2,1-4H3/t8?,9-,10?,11?,12-/m1/s1. The van der Waals surface area contributed by atoms with Crippen molar-refractivity contribution >= 4 is 0 Å². The van der Waals surface area contributed by atoms with Gasteiger partial charge >= 0.3 is 0 Å². The molecule has 18 heavy (non-hydrogen) atoms. The summed E-state index contributed by atoms with van der Waals surface area (Å²) in [6.45, 7) is 6.58. The van der Waals surface area contributed by atoms with E-state index in [-0.39, 0.29) is 17.4 Å². The van der Waals surface area contributed by atoms with Crippen LogP contribution in [0.15, 0.2) is 0 Å². The fourth-order valence-corrected chi connectivity index (χ4v) is 2.91. The Balaban J connectivity index is 3.00. The number of methoxy groups -OCH3 is 1. The Labute approximate surface area is 109 Å². The lowest BCUT2D eigenvalue weighted by Gasteiger charge is -2.49. The monoisotopic (exact) mass is 261 g/mol. The van der Waals surface area contributed by atoms with Gasteiger partial charge in [-0.15, -0.1) is 0 Å². The second kappa shape index (κ2) is 6.30. The van der Waals surface area contributed by atoms with Gasteiger partial charge < -0.3 is 25.4 Å². The third-order valence-electron chi connectivity index (χ3n) is 4.59. The Hall–Kier alpha value is -0.200. The molecule has 108 valence electrons. The van der Waals surface area contributed by atoms with Crippen LogP contribution in [-0.4, -0.2) is 48.5 Å². The van der Waals surface area contributed by atoms with Crippen molar-refractivity contribution in [3.8, 4) is 0 Å². The molecule has 1 saturated heterocycles. The summed E-state index contributed by atoms with van der Waals surface area (Å²) < 4.78 is 10.7. The topological polar surface area (TPSA) is 84.9 Å². The number of hydrogen-bond donors (Lipinski definition) is 3. The summed E-state index contributed by atoms with van der Waals surface area (Å²) in [5.41, 5.74) is 5.64. The molecule has 1 heterocycles. The van der Waals surface area contributed by atoms with E-state index in [1.807, 2.05) is 0 Å². The summed E-state index contributed by atoms with van der Waals surface area (Å²) in [6.07, 6.45) is -1.20. The predicted octanol–water partition coefficient (Wildman–Crippen LogP) is 0.481. The molecular formula is C13H27NO4. The van der Waals surface area contributed by atoms with Crippen LogP contribution < -0.4 is 5.73 Å². The van der Waals surface area contributed by atoms with Crippen LogP contribution in [0, 0.1) is 11.3 Å². The molecule has 0 aliphatic carbocycles. The minimum atomic E-state index is -1.03. The molecule has 5 nitrogen and oxygen atoms in total. The number of rotatable bonds is 5. The maximum Gasteiger partial charge on any atom is 0.186 e. The zero-order valence-electron chi connectivity index (χ0n) is 11.8. The van der Waals surface area contributed by atoms with E-state index in [9.17, 15) is 10.2 Å². The molecule has 1 aliphatic heterocycles. The maximum absolute atomic E-state index is 10.4. The first-order chi connectivity index (χ1) is 8.45. The lowest BCUT2D eigenvalue weighted by atomic mass is 9.66. The van der Waals surface area contributed by atoms with Crippen molar-refractivity contribution < 1.29 is 19.7 Å². The summed E-state index contributed by atoms with van der Waals surface area (Å²) in [5.74, 6) is -0.182. The molecule has 1 aliphatic rings. The van der Waals surface area contributed by atoms with Gasteiger partial charge in [-0.3, -0.25) is 0 Å². The van der Waals surface area contributed by atoms with Crippen molar-refractivity contribution in [2.24, 2.45) is 17.1 Å². The Morgan fingerprint density at radius 2 is 1.78 bits per heavy atom. The van der Waals surface area contributed by atoms with E-state index in [0.717, 1.165) is 12.8 Å². The SMILES string of the molecule is CCC(C)(CC)[C@@H]1C(CN)O[C@@H](OC)C(O)C1O. The van der Waals surface area contributed by atoms with E-state index in [1.54, 1.807) is 0 Å². The summed E-state index contributed by atoms with van der Waals surface area (Å²) in [6, 6.07) is 0. The molecule has 5 heteroatoms. The average Bonchev–Trinajstić information content (AvgIpc) is 2.40. The molecule has 0 amide bonds. The summed E-state index contributed by atoms with van der Waals surface area (Å²) >= 11 is 0. The second-order valence-electron chi connectivity index (χ2n) is 5.38. The highest BCUT2D eigenvalue weighted by molar-refractivity contribution is 4.97. The number of aliphatic hydroxyl groups excluding tert-OH is 2. The molecule has 0 saturated carbocycles. The Morgan fingerprint density at radius 3 is 2.17 bits per heavy atom. The van der Waals surface area contributed by atoms with E-state index < -0.39 is 18.5 Å². The molecule has 1 rings (SSSR count). The summed E-state index contributed by atoms with van der Waals surface area (Å²) in [7, 11) is 1.45. The maximum atomic E-state index is 10.4. The zero-order valence-corrected chi connectivity index (χ0v) is 11.8. The van der Waals surface area contributed by atoms with Crippen molar-refractivity contribution in [3.05, 3.63) is 0 Å². The van der Waals surface area contributed by atoms with Crippen molar-refractivity contribution in [2.45, 2.75) is 58.2 Å². The van der Waals surface area contributed by atoms with Crippen LogP contribution in [0.2, 0.25) is 0 Å². The molecule has 0 spiro atoms. The quantitative estimate of drug-likeness (QED) is 0.670. The number of ether oxygens (including phenoxy) is 2. The normalized spacial score (nSPS) is 37.8. The number of aliphatic hydroxyl groups is 2. The van der Waals surface area contributed by atoms with E-state index in [2.05, 4.69) is 20.8 Å². The van der Waals surface area contributed by atoms with Crippen LogP contribution in [-0.2, 0) is 9.47 Å². The van der Waals surface area contributed by atoms with Gasteiger partial charge in [0.1, 0.15) is 6.10 Å². The smallest absolute Gasteiger partial charge is 0.186 e. The Kier molecular flexibility index (Phi) is 5.55. The molecule has 0 aromatic carbocycles. The highest BCUT2D eigenvalue weighted by Gasteiger charge is 2.50. The lowest BCUT2D eigenvalue weighted by Crippen LogP contribution is -2.60. The lowest BCUT2D eigenvalue weighted by molar-refractivity contribution is -0.290. The first-order valence-electron chi connectivity index (χ1n) is 6.69. The average molecular weight is 261 g/mol. The van der Waals surface area contributed by atoms with E-state index >= 15 is 0 Å². The van der Waals surface area contributed by atoms with Crippen LogP contribution in [0.3, 0.4) is 0 Å². The van der Waals surface area contributed by atoms with Gasteiger partial charge in [-0.25, -0.2) is 0 Å². The van der Waals surface area contributed by atoms with Crippen LogP contribution in [0.5, 0.6) is 0 Å². The molecule has 5 atom stereocenters. The largest absolute Gasteiger partial charge is 0.390 e. The van der Waals surface area contributed by atoms with Gasteiger partial charge in [0.2, 0.25) is 0 Å². The van der Waals surface area contributed by atoms with Crippen molar-refractivity contribution in [3.63, 3.8) is 0 Å². The predicted molar refractivity (Wildman–Crippen MR) is 68.9 cm³/mol. The Bertz CT molecular complexity index is 255. The van der Waals surface area contributed by atoms with Crippen molar-refractivity contribution in [2.75, 3.05) is 13.7 Å². The molecule has 0 radical (unpaired) electrons. The van der Waals surface area contributed by atoms with Gasteiger partial charge in [0.15, 0.2) is 6.29 Å². The van der Waals surface area contributed by atoms with Crippen molar-refractivity contribution in [1.82, 2.24) is 0 Å². The van der Waals surface area contributed by atoms with Gasteiger partial charge in [-0.1, -0.05) is 33.6 Å². The number of nitrogens with two attached hydrogens (primary N) is 1. The Morgan fingerprint density at radius 1 is 1.22 bits per heavy atom. The first-order valence-corrected chi connectivity index (χ1v) is 6.69. The third-order valence-corrected chi connectivity index (χ3v) is 4.59. The van der Waals surface area contributed by atoms with Crippen molar-refractivity contribution in [1.29, 1.82) is 0 Å². The van der Waals surface area contributed by atoms with Crippen LogP contribution >= 0.6 is 0 Å². The fourth-order valence-electron chi connectivity index (χ4n) is 2.91. The van der Waals surface area contributed by atoms with Gasteiger partial charge in [0.05, 0.1) is 12.2 Å². The van der Waals surface area contributed by atoms with Gasteiger partial charge in [-0.05, 0) is 5.41 Å². The van der Waals surface area contributed by atoms with Gasteiger partial charge in [0, 0.05) is 19.6 Å². The zero-order chi connectivity index (χ0) is 13.9. The third kappa shape index (κ3) is 2.70. The van der Waals surface area contributed by atoms with Gasteiger partial charge in [-0.2, -0.15) is 0 Å². The van der Waals surface area contributed by atoms with Crippen LogP contribution in [0.4, 0.5) is 0 Å². The molecule has 0 aromatic heterocycles. The summed E-state index contributed by atoms with van der Waals surface area (Å²) in [4.78, 5) is 0.